The quantitative estimate of drug-likeness (QED) is 0.791. The number of hydrogen-bond acceptors (Lipinski definition) is 3. The molecule has 1 atom stereocenters. The van der Waals surface area contributed by atoms with Crippen molar-refractivity contribution in [2.75, 3.05) is 16.8 Å². The zero-order chi connectivity index (χ0) is 12.7. The molecule has 2 aliphatic rings. The Balaban J connectivity index is 2.06. The van der Waals surface area contributed by atoms with Crippen LogP contribution in [0, 0.1) is 0 Å². The van der Waals surface area contributed by atoms with Gasteiger partial charge in [0, 0.05) is 6.54 Å². The predicted octanol–water partition coefficient (Wildman–Crippen LogP) is 1.70. The normalized spacial score (nSPS) is 21.9. The van der Waals surface area contributed by atoms with Crippen LogP contribution in [0.1, 0.15) is 29.6 Å². The standard InChI is InChI=1S/C13H14N2O3/c16-12-10-3-1-2-6-15(10)11-7-8(13(17)18)4-5-9(11)14-12/h4-5,7,10H,1-3,6H2,(H,14,16)(H,17,18). The van der Waals surface area contributed by atoms with Crippen LogP contribution in [0.4, 0.5) is 11.4 Å². The third-order valence-corrected chi connectivity index (χ3v) is 3.62. The average Bonchev–Trinajstić information content (AvgIpc) is 2.38. The highest BCUT2D eigenvalue weighted by Crippen LogP contribution is 2.36. The first-order valence-corrected chi connectivity index (χ1v) is 6.11. The van der Waals surface area contributed by atoms with Crippen LogP contribution in [0.5, 0.6) is 0 Å². The van der Waals surface area contributed by atoms with E-state index in [0.29, 0.717) is 5.69 Å². The topological polar surface area (TPSA) is 69.6 Å². The highest BCUT2D eigenvalue weighted by Gasteiger charge is 2.34. The number of fused-ring (bicyclic) bond motifs is 3. The maximum absolute atomic E-state index is 11.9. The first kappa shape index (κ1) is 11.1. The van der Waals surface area contributed by atoms with Gasteiger partial charge < -0.3 is 15.3 Å². The SMILES string of the molecule is O=C(O)c1ccc2c(c1)N1CCCCC1C(=O)N2. The van der Waals surface area contributed by atoms with Gasteiger partial charge in [-0.25, -0.2) is 4.79 Å². The molecule has 2 heterocycles. The van der Waals surface area contributed by atoms with Gasteiger partial charge in [0.2, 0.25) is 5.91 Å². The number of benzene rings is 1. The first-order chi connectivity index (χ1) is 8.66. The Morgan fingerprint density at radius 2 is 2.22 bits per heavy atom. The van der Waals surface area contributed by atoms with E-state index in [0.717, 1.165) is 31.5 Å². The molecule has 0 radical (unpaired) electrons. The molecule has 0 spiro atoms. The van der Waals surface area contributed by atoms with Gasteiger partial charge in [-0.3, -0.25) is 4.79 Å². The smallest absolute Gasteiger partial charge is 0.335 e. The summed E-state index contributed by atoms with van der Waals surface area (Å²) in [6.07, 6.45) is 2.92. The Hall–Kier alpha value is -2.04. The Bertz CT molecular complexity index is 527. The molecule has 5 heteroatoms. The van der Waals surface area contributed by atoms with Crippen molar-refractivity contribution in [3.63, 3.8) is 0 Å². The summed E-state index contributed by atoms with van der Waals surface area (Å²) in [7, 11) is 0. The molecule has 2 aliphatic heterocycles. The molecule has 94 valence electrons. The van der Waals surface area contributed by atoms with Gasteiger partial charge in [0.1, 0.15) is 6.04 Å². The molecular weight excluding hydrogens is 232 g/mol. The van der Waals surface area contributed by atoms with Crippen molar-refractivity contribution >= 4 is 23.3 Å². The number of carboxylic acids is 1. The summed E-state index contributed by atoms with van der Waals surface area (Å²) in [5, 5.41) is 11.9. The van der Waals surface area contributed by atoms with Crippen LogP contribution < -0.4 is 10.2 Å². The largest absolute Gasteiger partial charge is 0.478 e. The molecule has 1 aromatic carbocycles. The van der Waals surface area contributed by atoms with E-state index in [4.69, 9.17) is 5.11 Å². The summed E-state index contributed by atoms with van der Waals surface area (Å²) >= 11 is 0. The fraction of sp³-hybridized carbons (Fsp3) is 0.385. The lowest BCUT2D eigenvalue weighted by atomic mass is 9.97. The minimum Gasteiger partial charge on any atom is -0.478 e. The highest BCUT2D eigenvalue weighted by molar-refractivity contribution is 6.05. The van der Waals surface area contributed by atoms with Crippen LogP contribution in [0.25, 0.3) is 0 Å². The van der Waals surface area contributed by atoms with Gasteiger partial charge in [-0.1, -0.05) is 0 Å². The number of hydrogen-bond donors (Lipinski definition) is 2. The van der Waals surface area contributed by atoms with Gasteiger partial charge in [0.25, 0.3) is 0 Å². The fourth-order valence-electron chi connectivity index (χ4n) is 2.72. The van der Waals surface area contributed by atoms with E-state index in [1.54, 1.807) is 12.1 Å². The Labute approximate surface area is 104 Å². The van der Waals surface area contributed by atoms with E-state index in [-0.39, 0.29) is 17.5 Å². The van der Waals surface area contributed by atoms with E-state index in [9.17, 15) is 9.59 Å². The van der Waals surface area contributed by atoms with E-state index in [2.05, 4.69) is 5.32 Å². The number of amides is 1. The number of piperidine rings is 1. The fourth-order valence-corrected chi connectivity index (χ4v) is 2.72. The van der Waals surface area contributed by atoms with Crippen LogP contribution >= 0.6 is 0 Å². The second-order valence-corrected chi connectivity index (χ2v) is 4.73. The molecule has 0 aliphatic carbocycles. The minimum absolute atomic E-state index is 0.0188. The van der Waals surface area contributed by atoms with E-state index >= 15 is 0 Å². The third kappa shape index (κ3) is 1.63. The van der Waals surface area contributed by atoms with Crippen molar-refractivity contribution in [2.24, 2.45) is 0 Å². The third-order valence-electron chi connectivity index (χ3n) is 3.62. The van der Waals surface area contributed by atoms with Crippen molar-refractivity contribution < 1.29 is 14.7 Å². The average molecular weight is 246 g/mol. The van der Waals surface area contributed by atoms with Crippen LogP contribution in [0.2, 0.25) is 0 Å². The zero-order valence-corrected chi connectivity index (χ0v) is 9.85. The summed E-state index contributed by atoms with van der Waals surface area (Å²) in [6.45, 7) is 0.814. The molecule has 0 bridgehead atoms. The number of carbonyl (C=O) groups excluding carboxylic acids is 1. The lowest BCUT2D eigenvalue weighted by molar-refractivity contribution is -0.118. The van der Waals surface area contributed by atoms with Crippen molar-refractivity contribution in [2.45, 2.75) is 25.3 Å². The van der Waals surface area contributed by atoms with Gasteiger partial charge in [-0.15, -0.1) is 0 Å². The van der Waals surface area contributed by atoms with Crippen LogP contribution in [0.3, 0.4) is 0 Å². The Morgan fingerprint density at radius 1 is 1.39 bits per heavy atom. The Kier molecular flexibility index (Phi) is 2.47. The number of anilines is 2. The molecule has 2 N–H and O–H groups in total. The summed E-state index contributed by atoms with van der Waals surface area (Å²) in [5.41, 5.74) is 1.80. The van der Waals surface area contributed by atoms with Crippen LogP contribution in [-0.2, 0) is 4.79 Å². The van der Waals surface area contributed by atoms with Crippen molar-refractivity contribution in [1.82, 2.24) is 0 Å². The van der Waals surface area contributed by atoms with E-state index < -0.39 is 5.97 Å². The van der Waals surface area contributed by atoms with Crippen molar-refractivity contribution in [3.8, 4) is 0 Å². The number of rotatable bonds is 1. The Morgan fingerprint density at radius 3 is 3.00 bits per heavy atom. The molecule has 18 heavy (non-hydrogen) atoms. The van der Waals surface area contributed by atoms with Crippen LogP contribution in [0.15, 0.2) is 18.2 Å². The number of nitrogens with zero attached hydrogens (tertiary/aromatic N) is 1. The number of carbonyl (C=O) groups is 2. The zero-order valence-electron chi connectivity index (χ0n) is 9.85. The summed E-state index contributed by atoms with van der Waals surface area (Å²) in [6, 6.07) is 4.69. The summed E-state index contributed by atoms with van der Waals surface area (Å²) in [5.74, 6) is -0.923. The van der Waals surface area contributed by atoms with Gasteiger partial charge in [-0.2, -0.15) is 0 Å². The maximum atomic E-state index is 11.9. The highest BCUT2D eigenvalue weighted by atomic mass is 16.4. The number of nitrogens with one attached hydrogen (secondary N) is 1. The van der Waals surface area contributed by atoms with E-state index in [1.165, 1.54) is 6.07 Å². The summed E-state index contributed by atoms with van der Waals surface area (Å²) < 4.78 is 0. The molecule has 1 fully saturated rings. The molecule has 1 aromatic rings. The summed E-state index contributed by atoms with van der Waals surface area (Å²) in [4.78, 5) is 25.0. The number of carboxylic acid groups (broad SMARTS) is 1. The lowest BCUT2D eigenvalue weighted by Crippen LogP contribution is -2.50. The van der Waals surface area contributed by atoms with Crippen molar-refractivity contribution in [1.29, 1.82) is 0 Å². The first-order valence-electron chi connectivity index (χ1n) is 6.11. The monoisotopic (exact) mass is 246 g/mol. The number of aromatic carboxylic acids is 1. The molecule has 0 aromatic heterocycles. The molecule has 1 saturated heterocycles. The van der Waals surface area contributed by atoms with Crippen molar-refractivity contribution in [3.05, 3.63) is 23.8 Å². The molecule has 5 nitrogen and oxygen atoms in total. The molecular formula is C13H14N2O3. The second-order valence-electron chi connectivity index (χ2n) is 4.73. The van der Waals surface area contributed by atoms with Gasteiger partial charge in [-0.05, 0) is 37.5 Å². The predicted molar refractivity (Wildman–Crippen MR) is 67.0 cm³/mol. The molecule has 1 amide bonds. The van der Waals surface area contributed by atoms with Gasteiger partial charge in [0.05, 0.1) is 16.9 Å². The minimum atomic E-state index is -0.941. The molecule has 0 saturated carbocycles. The molecule has 3 rings (SSSR count). The van der Waals surface area contributed by atoms with Crippen LogP contribution in [-0.4, -0.2) is 29.6 Å². The second kappa shape index (κ2) is 4.01. The van der Waals surface area contributed by atoms with E-state index in [1.807, 2.05) is 4.90 Å². The maximum Gasteiger partial charge on any atom is 0.335 e. The van der Waals surface area contributed by atoms with Gasteiger partial charge >= 0.3 is 5.97 Å². The molecule has 1 unspecified atom stereocenters. The van der Waals surface area contributed by atoms with Gasteiger partial charge in [0.15, 0.2) is 0 Å². The lowest BCUT2D eigenvalue weighted by Gasteiger charge is -2.41.